The molecule has 0 saturated carbocycles. The Morgan fingerprint density at radius 3 is 2.31 bits per heavy atom. The molecule has 1 fully saturated rings. The van der Waals surface area contributed by atoms with Crippen LogP contribution in [-0.2, 0) is 6.54 Å². The highest BCUT2D eigenvalue weighted by atomic mass is 16.3. The van der Waals surface area contributed by atoms with E-state index >= 15 is 0 Å². The maximum absolute atomic E-state index is 9.71. The summed E-state index contributed by atoms with van der Waals surface area (Å²) in [7, 11) is 0. The minimum absolute atomic E-state index is 0.122. The lowest BCUT2D eigenvalue weighted by Crippen LogP contribution is -2.23. The SMILES string of the molecule is Oc1ccc(CN2CCCCCC2)c(O)c1. The van der Waals surface area contributed by atoms with Crippen molar-refractivity contribution in [3.05, 3.63) is 23.8 Å². The van der Waals surface area contributed by atoms with Crippen LogP contribution < -0.4 is 0 Å². The zero-order valence-corrected chi connectivity index (χ0v) is 9.52. The Kier molecular flexibility index (Phi) is 3.67. The summed E-state index contributed by atoms with van der Waals surface area (Å²) in [5.74, 6) is 0.321. The van der Waals surface area contributed by atoms with Crippen molar-refractivity contribution < 1.29 is 10.2 Å². The first kappa shape index (κ1) is 11.3. The van der Waals surface area contributed by atoms with Gasteiger partial charge in [-0.25, -0.2) is 0 Å². The molecule has 2 rings (SSSR count). The molecule has 88 valence electrons. The van der Waals surface area contributed by atoms with Crippen molar-refractivity contribution in [3.63, 3.8) is 0 Å². The Balaban J connectivity index is 2.01. The van der Waals surface area contributed by atoms with E-state index in [0.29, 0.717) is 0 Å². The van der Waals surface area contributed by atoms with Gasteiger partial charge in [-0.1, -0.05) is 18.9 Å². The summed E-state index contributed by atoms with van der Waals surface area (Å²) in [5.41, 5.74) is 0.903. The lowest BCUT2D eigenvalue weighted by atomic mass is 10.1. The first-order valence-corrected chi connectivity index (χ1v) is 5.99. The van der Waals surface area contributed by atoms with E-state index in [1.54, 1.807) is 12.1 Å². The molecule has 16 heavy (non-hydrogen) atoms. The Hall–Kier alpha value is -1.22. The third-order valence-corrected chi connectivity index (χ3v) is 3.16. The maximum atomic E-state index is 9.71. The lowest BCUT2D eigenvalue weighted by Gasteiger charge is -2.20. The summed E-state index contributed by atoms with van der Waals surface area (Å²) < 4.78 is 0. The number of phenolic OH excluding ortho intramolecular Hbond substituents is 2. The van der Waals surface area contributed by atoms with E-state index in [4.69, 9.17) is 0 Å². The number of hydrogen-bond donors (Lipinski definition) is 2. The fraction of sp³-hybridized carbons (Fsp3) is 0.538. The molecule has 1 aromatic rings. The molecule has 0 aliphatic carbocycles. The molecular formula is C13H19NO2. The second-order valence-electron chi connectivity index (χ2n) is 4.50. The van der Waals surface area contributed by atoms with Crippen molar-refractivity contribution in [2.75, 3.05) is 13.1 Å². The van der Waals surface area contributed by atoms with Gasteiger partial charge in [0.15, 0.2) is 0 Å². The summed E-state index contributed by atoms with van der Waals surface area (Å²) in [6, 6.07) is 4.84. The summed E-state index contributed by atoms with van der Waals surface area (Å²) in [5, 5.41) is 18.9. The fourth-order valence-electron chi connectivity index (χ4n) is 2.22. The number of nitrogens with zero attached hydrogens (tertiary/aromatic N) is 1. The monoisotopic (exact) mass is 221 g/mol. The predicted molar refractivity (Wildman–Crippen MR) is 63.5 cm³/mol. The molecule has 3 nitrogen and oxygen atoms in total. The van der Waals surface area contributed by atoms with Gasteiger partial charge in [0.25, 0.3) is 0 Å². The van der Waals surface area contributed by atoms with Crippen LogP contribution >= 0.6 is 0 Å². The van der Waals surface area contributed by atoms with Gasteiger partial charge in [-0.05, 0) is 32.0 Å². The van der Waals surface area contributed by atoms with Crippen LogP contribution in [0.25, 0.3) is 0 Å². The molecular weight excluding hydrogens is 202 g/mol. The third-order valence-electron chi connectivity index (χ3n) is 3.16. The van der Waals surface area contributed by atoms with Gasteiger partial charge >= 0.3 is 0 Å². The van der Waals surface area contributed by atoms with Crippen molar-refractivity contribution in [2.45, 2.75) is 32.2 Å². The zero-order chi connectivity index (χ0) is 11.4. The van der Waals surface area contributed by atoms with E-state index in [9.17, 15) is 10.2 Å². The van der Waals surface area contributed by atoms with Crippen LogP contribution in [0.4, 0.5) is 0 Å². The number of likely N-dealkylation sites (tertiary alicyclic amines) is 1. The minimum Gasteiger partial charge on any atom is -0.508 e. The number of hydrogen-bond acceptors (Lipinski definition) is 3. The molecule has 1 saturated heterocycles. The van der Waals surface area contributed by atoms with Gasteiger partial charge in [-0.2, -0.15) is 0 Å². The largest absolute Gasteiger partial charge is 0.508 e. The molecule has 0 amide bonds. The Morgan fingerprint density at radius 1 is 1.00 bits per heavy atom. The average Bonchev–Trinajstić information content (AvgIpc) is 2.51. The molecule has 1 aromatic carbocycles. The standard InChI is InChI=1S/C13H19NO2/c15-12-6-5-11(13(16)9-12)10-14-7-3-1-2-4-8-14/h5-6,9,15-16H,1-4,7-8,10H2. The fourth-order valence-corrected chi connectivity index (χ4v) is 2.22. The van der Waals surface area contributed by atoms with E-state index in [-0.39, 0.29) is 11.5 Å². The van der Waals surface area contributed by atoms with Gasteiger partial charge in [0, 0.05) is 18.2 Å². The van der Waals surface area contributed by atoms with Crippen LogP contribution in [0.5, 0.6) is 11.5 Å². The molecule has 0 radical (unpaired) electrons. The highest BCUT2D eigenvalue weighted by Crippen LogP contribution is 2.24. The van der Waals surface area contributed by atoms with Crippen LogP contribution in [0, 0.1) is 0 Å². The topological polar surface area (TPSA) is 43.7 Å². The van der Waals surface area contributed by atoms with Crippen molar-refractivity contribution >= 4 is 0 Å². The third kappa shape index (κ3) is 2.89. The second-order valence-corrected chi connectivity index (χ2v) is 4.50. The van der Waals surface area contributed by atoms with Crippen LogP contribution in [0.3, 0.4) is 0 Å². The second kappa shape index (κ2) is 5.21. The number of phenols is 2. The number of aromatic hydroxyl groups is 2. The summed E-state index contributed by atoms with van der Waals surface area (Å²) in [6.45, 7) is 3.01. The molecule has 1 aliphatic heterocycles. The Morgan fingerprint density at radius 2 is 1.69 bits per heavy atom. The maximum Gasteiger partial charge on any atom is 0.123 e. The van der Waals surface area contributed by atoms with Crippen molar-refractivity contribution in [2.24, 2.45) is 0 Å². The smallest absolute Gasteiger partial charge is 0.123 e. The molecule has 0 unspecified atom stereocenters. The van der Waals surface area contributed by atoms with E-state index in [0.717, 1.165) is 25.2 Å². The molecule has 0 aromatic heterocycles. The molecule has 3 heteroatoms. The minimum atomic E-state index is 0.122. The van der Waals surface area contributed by atoms with Crippen LogP contribution in [-0.4, -0.2) is 28.2 Å². The van der Waals surface area contributed by atoms with E-state index in [1.165, 1.54) is 31.7 Å². The highest BCUT2D eigenvalue weighted by molar-refractivity contribution is 5.38. The average molecular weight is 221 g/mol. The van der Waals surface area contributed by atoms with Gasteiger partial charge in [0.05, 0.1) is 0 Å². The normalized spacial score (nSPS) is 18.2. The first-order chi connectivity index (χ1) is 7.75. The molecule has 1 heterocycles. The van der Waals surface area contributed by atoms with Gasteiger partial charge in [-0.3, -0.25) is 4.90 Å². The first-order valence-electron chi connectivity index (χ1n) is 5.99. The quantitative estimate of drug-likeness (QED) is 0.806. The van der Waals surface area contributed by atoms with E-state index in [2.05, 4.69) is 4.90 Å². The van der Waals surface area contributed by atoms with E-state index in [1.807, 2.05) is 0 Å². The molecule has 1 aliphatic rings. The highest BCUT2D eigenvalue weighted by Gasteiger charge is 2.11. The van der Waals surface area contributed by atoms with Crippen molar-refractivity contribution in [1.29, 1.82) is 0 Å². The molecule has 0 atom stereocenters. The Bertz CT molecular complexity index is 344. The lowest BCUT2D eigenvalue weighted by molar-refractivity contribution is 0.272. The Labute approximate surface area is 96.3 Å². The molecule has 2 N–H and O–H groups in total. The van der Waals surface area contributed by atoms with Gasteiger partial charge in [-0.15, -0.1) is 0 Å². The number of benzene rings is 1. The van der Waals surface area contributed by atoms with Crippen molar-refractivity contribution in [3.8, 4) is 11.5 Å². The summed E-state index contributed by atoms with van der Waals surface area (Å²) in [6.07, 6.45) is 5.13. The van der Waals surface area contributed by atoms with Crippen molar-refractivity contribution in [1.82, 2.24) is 4.90 Å². The summed E-state index contributed by atoms with van der Waals surface area (Å²) in [4.78, 5) is 2.37. The van der Waals surface area contributed by atoms with Crippen LogP contribution in [0.2, 0.25) is 0 Å². The summed E-state index contributed by atoms with van der Waals surface area (Å²) >= 11 is 0. The van der Waals surface area contributed by atoms with Gasteiger partial charge < -0.3 is 10.2 Å². The zero-order valence-electron chi connectivity index (χ0n) is 9.52. The molecule has 0 spiro atoms. The van der Waals surface area contributed by atoms with Gasteiger partial charge in [0.2, 0.25) is 0 Å². The molecule has 0 bridgehead atoms. The predicted octanol–water partition coefficient (Wildman–Crippen LogP) is 2.47. The van der Waals surface area contributed by atoms with E-state index < -0.39 is 0 Å². The number of rotatable bonds is 2. The van der Waals surface area contributed by atoms with Gasteiger partial charge in [0.1, 0.15) is 11.5 Å². The van der Waals surface area contributed by atoms with Crippen LogP contribution in [0.1, 0.15) is 31.2 Å². The van der Waals surface area contributed by atoms with Crippen LogP contribution in [0.15, 0.2) is 18.2 Å².